The minimum absolute atomic E-state index is 0.00927. The molecule has 2 aromatic carbocycles. The van der Waals surface area contributed by atoms with Gasteiger partial charge in [-0.05, 0) is 44.2 Å². The molecular formula is C23H21N2O4+. The Bertz CT molecular complexity index is 1100. The molecule has 1 heterocycles. The van der Waals surface area contributed by atoms with Gasteiger partial charge in [-0.3, -0.25) is 14.4 Å². The molecule has 0 radical (unpaired) electrons. The number of amides is 1. The quantitative estimate of drug-likeness (QED) is 0.549. The average Bonchev–Trinajstić information content (AvgIpc) is 3.27. The fourth-order valence-electron chi connectivity index (χ4n) is 3.60. The predicted molar refractivity (Wildman–Crippen MR) is 107 cm³/mol. The van der Waals surface area contributed by atoms with Crippen LogP contribution in [0.5, 0.6) is 0 Å². The molecule has 3 aromatic rings. The summed E-state index contributed by atoms with van der Waals surface area (Å²) in [4.78, 5) is 38.1. The van der Waals surface area contributed by atoms with Crippen molar-refractivity contribution in [3.05, 3.63) is 88.9 Å². The number of anilines is 1. The Hall–Kier alpha value is -3.51. The average molecular weight is 389 g/mol. The second-order valence-electron chi connectivity index (χ2n) is 7.24. The molecule has 1 aliphatic rings. The van der Waals surface area contributed by atoms with Gasteiger partial charge in [0, 0.05) is 27.9 Å². The Kier molecular flexibility index (Phi) is 4.86. The molecule has 1 aromatic heterocycles. The Morgan fingerprint density at radius 3 is 2.21 bits per heavy atom. The third-order valence-electron chi connectivity index (χ3n) is 5.18. The number of hydrogen-bond acceptors (Lipinski definition) is 4. The van der Waals surface area contributed by atoms with Gasteiger partial charge in [-0.25, -0.2) is 0 Å². The third-order valence-corrected chi connectivity index (χ3v) is 5.18. The van der Waals surface area contributed by atoms with Gasteiger partial charge in [0.25, 0.3) is 5.91 Å². The van der Waals surface area contributed by atoms with Gasteiger partial charge in [0.05, 0.1) is 6.26 Å². The van der Waals surface area contributed by atoms with Crippen LogP contribution in [-0.4, -0.2) is 23.5 Å². The van der Waals surface area contributed by atoms with Crippen molar-refractivity contribution in [1.82, 2.24) is 0 Å². The second kappa shape index (κ2) is 7.48. The molecular weight excluding hydrogens is 368 g/mol. The van der Waals surface area contributed by atoms with Gasteiger partial charge in [-0.1, -0.05) is 24.3 Å². The molecule has 2 atom stereocenters. The molecule has 3 N–H and O–H groups in total. The monoisotopic (exact) mass is 389 g/mol. The molecule has 1 aliphatic carbocycles. The fraction of sp³-hybridized carbons (Fsp3) is 0.174. The molecule has 0 saturated carbocycles. The molecule has 146 valence electrons. The van der Waals surface area contributed by atoms with Gasteiger partial charge in [-0.15, -0.1) is 0 Å². The normalized spacial score (nSPS) is 14.7. The van der Waals surface area contributed by atoms with Crippen LogP contribution in [0.15, 0.2) is 65.3 Å². The van der Waals surface area contributed by atoms with Crippen molar-refractivity contribution >= 4 is 23.2 Å². The zero-order valence-electron chi connectivity index (χ0n) is 16.1. The summed E-state index contributed by atoms with van der Waals surface area (Å²) in [6.07, 6.45) is 1.61. The van der Waals surface area contributed by atoms with Gasteiger partial charge in [0.15, 0.2) is 23.4 Å². The number of nitrogens with one attached hydrogen (secondary N) is 1. The first-order valence-corrected chi connectivity index (χ1v) is 9.47. The largest absolute Gasteiger partial charge is 0.463 e. The SMILES string of the molecule is C[C@H]([NH2+][C@@H](C)c1ccco1)C(=O)Nc1ccc2c(c1)C(=O)c1ccccc1C2=O. The summed E-state index contributed by atoms with van der Waals surface area (Å²) >= 11 is 0. The zero-order chi connectivity index (χ0) is 20.5. The van der Waals surface area contributed by atoms with Crippen LogP contribution in [0.4, 0.5) is 5.69 Å². The van der Waals surface area contributed by atoms with E-state index in [1.54, 1.807) is 55.7 Å². The summed E-state index contributed by atoms with van der Waals surface area (Å²) in [5, 5.41) is 4.74. The maximum atomic E-state index is 12.8. The van der Waals surface area contributed by atoms with E-state index in [-0.39, 0.29) is 29.6 Å². The van der Waals surface area contributed by atoms with Gasteiger partial charge >= 0.3 is 0 Å². The maximum absolute atomic E-state index is 12.8. The number of benzene rings is 2. The summed E-state index contributed by atoms with van der Waals surface area (Å²) in [5.74, 6) is 0.207. The first-order valence-electron chi connectivity index (χ1n) is 9.47. The van der Waals surface area contributed by atoms with Gasteiger partial charge in [0.2, 0.25) is 0 Å². The molecule has 29 heavy (non-hydrogen) atoms. The van der Waals surface area contributed by atoms with Crippen LogP contribution in [0.3, 0.4) is 0 Å². The Balaban J connectivity index is 1.51. The summed E-state index contributed by atoms with van der Waals surface area (Å²) in [6.45, 7) is 3.77. The highest BCUT2D eigenvalue weighted by Gasteiger charge is 2.30. The van der Waals surface area contributed by atoms with Crippen LogP contribution in [0, 0.1) is 0 Å². The van der Waals surface area contributed by atoms with Crippen LogP contribution in [-0.2, 0) is 4.79 Å². The summed E-state index contributed by atoms with van der Waals surface area (Å²) < 4.78 is 5.37. The van der Waals surface area contributed by atoms with E-state index >= 15 is 0 Å². The second-order valence-corrected chi connectivity index (χ2v) is 7.24. The van der Waals surface area contributed by atoms with Crippen molar-refractivity contribution in [2.75, 3.05) is 5.32 Å². The minimum Gasteiger partial charge on any atom is -0.463 e. The highest BCUT2D eigenvalue weighted by atomic mass is 16.3. The Labute approximate surface area is 167 Å². The van der Waals surface area contributed by atoms with Crippen molar-refractivity contribution < 1.29 is 24.1 Å². The van der Waals surface area contributed by atoms with E-state index in [2.05, 4.69) is 5.32 Å². The van der Waals surface area contributed by atoms with Crippen molar-refractivity contribution in [1.29, 1.82) is 0 Å². The predicted octanol–water partition coefficient (Wildman–Crippen LogP) is 2.71. The molecule has 6 heteroatoms. The minimum atomic E-state index is -0.371. The van der Waals surface area contributed by atoms with E-state index in [0.29, 0.717) is 27.9 Å². The van der Waals surface area contributed by atoms with Gasteiger partial charge < -0.3 is 15.1 Å². The van der Waals surface area contributed by atoms with Crippen LogP contribution < -0.4 is 10.6 Å². The number of carbonyl (C=O) groups is 3. The molecule has 1 amide bonds. The number of furan rings is 1. The lowest BCUT2D eigenvalue weighted by Gasteiger charge is -2.19. The highest BCUT2D eigenvalue weighted by molar-refractivity contribution is 6.28. The number of ketones is 2. The van der Waals surface area contributed by atoms with Crippen molar-refractivity contribution in [2.45, 2.75) is 25.9 Å². The van der Waals surface area contributed by atoms with Crippen molar-refractivity contribution in [3.63, 3.8) is 0 Å². The number of carbonyl (C=O) groups excluding carboxylic acids is 3. The van der Waals surface area contributed by atoms with Crippen LogP contribution >= 0.6 is 0 Å². The van der Waals surface area contributed by atoms with E-state index in [9.17, 15) is 14.4 Å². The van der Waals surface area contributed by atoms with Crippen LogP contribution in [0.25, 0.3) is 0 Å². The van der Waals surface area contributed by atoms with E-state index < -0.39 is 0 Å². The Morgan fingerprint density at radius 1 is 0.897 bits per heavy atom. The maximum Gasteiger partial charge on any atom is 0.282 e. The molecule has 0 fully saturated rings. The molecule has 0 saturated heterocycles. The van der Waals surface area contributed by atoms with Crippen molar-refractivity contribution in [2.24, 2.45) is 0 Å². The summed E-state index contributed by atoms with van der Waals surface area (Å²) in [7, 11) is 0. The molecule has 6 nitrogen and oxygen atoms in total. The molecule has 4 rings (SSSR count). The summed E-state index contributed by atoms with van der Waals surface area (Å²) in [6, 6.07) is 14.9. The molecule has 0 spiro atoms. The first kappa shape index (κ1) is 18.8. The summed E-state index contributed by atoms with van der Waals surface area (Å²) in [5.41, 5.74) is 1.96. The highest BCUT2D eigenvalue weighted by Crippen LogP contribution is 2.29. The third kappa shape index (κ3) is 3.50. The topological polar surface area (TPSA) is 93.0 Å². The first-order chi connectivity index (χ1) is 14.0. The van der Waals surface area contributed by atoms with Crippen LogP contribution in [0.1, 0.15) is 57.5 Å². The molecule has 0 bridgehead atoms. The Morgan fingerprint density at radius 2 is 1.55 bits per heavy atom. The lowest BCUT2D eigenvalue weighted by atomic mass is 9.84. The standard InChI is InChI=1S/C23H20N2O4/c1-13(20-8-5-11-29-20)24-14(2)23(28)25-15-9-10-18-19(12-15)22(27)17-7-4-3-6-16(17)21(18)26/h3-14,24H,1-2H3,(H,25,28)/p+1/t13-,14-/m0/s1. The van der Waals surface area contributed by atoms with Crippen molar-refractivity contribution in [3.8, 4) is 0 Å². The number of nitrogens with two attached hydrogens (primary N) is 1. The van der Waals surface area contributed by atoms with E-state index in [1.807, 2.05) is 24.4 Å². The number of fused-ring (bicyclic) bond motifs is 2. The molecule has 0 unspecified atom stereocenters. The number of hydrogen-bond donors (Lipinski definition) is 2. The fourth-order valence-corrected chi connectivity index (χ4v) is 3.60. The zero-order valence-corrected chi connectivity index (χ0v) is 16.1. The number of quaternary nitrogens is 1. The van der Waals surface area contributed by atoms with E-state index in [1.165, 1.54) is 0 Å². The van der Waals surface area contributed by atoms with E-state index in [0.717, 1.165) is 5.76 Å². The smallest absolute Gasteiger partial charge is 0.282 e. The lowest BCUT2D eigenvalue weighted by molar-refractivity contribution is -0.711. The van der Waals surface area contributed by atoms with Crippen LogP contribution in [0.2, 0.25) is 0 Å². The van der Waals surface area contributed by atoms with Gasteiger partial charge in [-0.2, -0.15) is 0 Å². The van der Waals surface area contributed by atoms with Gasteiger partial charge in [0.1, 0.15) is 6.04 Å². The molecule has 0 aliphatic heterocycles. The van der Waals surface area contributed by atoms with E-state index in [4.69, 9.17) is 4.42 Å². The number of rotatable bonds is 5. The lowest BCUT2D eigenvalue weighted by Crippen LogP contribution is -2.91.